The standard InChI is InChI=1S/C24H21N3O4S/c1-17-23(24(28)27(26-17)20-9-13-22(14-10-20)32(25,29)30)15-18-7-11-21(12-8-18)31-16-19-5-3-2-4-6-19/h2-15H,16H2,1H3,(H2,25,29,30). The Kier molecular flexibility index (Phi) is 5.89. The average Bonchev–Trinajstić information content (AvgIpc) is 3.07. The normalized spacial score (nSPS) is 15.2. The van der Waals surface area contributed by atoms with Crippen molar-refractivity contribution in [3.63, 3.8) is 0 Å². The number of ether oxygens (including phenoxy) is 1. The van der Waals surface area contributed by atoms with E-state index in [-0.39, 0.29) is 10.8 Å². The van der Waals surface area contributed by atoms with Crippen LogP contribution in [0.25, 0.3) is 6.08 Å². The van der Waals surface area contributed by atoms with E-state index in [2.05, 4.69) is 5.10 Å². The highest BCUT2D eigenvalue weighted by molar-refractivity contribution is 7.89. The fraction of sp³-hybridized carbons (Fsp3) is 0.0833. The van der Waals surface area contributed by atoms with Gasteiger partial charge in [0, 0.05) is 0 Å². The summed E-state index contributed by atoms with van der Waals surface area (Å²) in [4.78, 5) is 12.9. The summed E-state index contributed by atoms with van der Waals surface area (Å²) >= 11 is 0. The zero-order chi connectivity index (χ0) is 22.7. The molecular weight excluding hydrogens is 426 g/mol. The summed E-state index contributed by atoms with van der Waals surface area (Å²) in [7, 11) is -3.80. The molecule has 0 saturated carbocycles. The fourth-order valence-corrected chi connectivity index (χ4v) is 3.72. The van der Waals surface area contributed by atoms with E-state index < -0.39 is 10.0 Å². The van der Waals surface area contributed by atoms with Crippen molar-refractivity contribution in [1.29, 1.82) is 0 Å². The molecule has 32 heavy (non-hydrogen) atoms. The molecule has 1 heterocycles. The van der Waals surface area contributed by atoms with Crippen LogP contribution in [-0.4, -0.2) is 20.0 Å². The van der Waals surface area contributed by atoms with E-state index in [1.165, 1.54) is 29.3 Å². The predicted molar refractivity (Wildman–Crippen MR) is 124 cm³/mol. The summed E-state index contributed by atoms with van der Waals surface area (Å²) in [6, 6.07) is 23.0. The molecule has 4 rings (SSSR count). The molecule has 1 aliphatic rings. The second-order valence-corrected chi connectivity index (χ2v) is 8.80. The molecule has 0 saturated heterocycles. The second kappa shape index (κ2) is 8.78. The number of hydrazone groups is 1. The quantitative estimate of drug-likeness (QED) is 0.582. The van der Waals surface area contributed by atoms with Crippen molar-refractivity contribution in [3.05, 3.63) is 95.6 Å². The van der Waals surface area contributed by atoms with Crippen LogP contribution in [0.1, 0.15) is 18.1 Å². The lowest BCUT2D eigenvalue weighted by molar-refractivity contribution is -0.114. The van der Waals surface area contributed by atoms with E-state index in [4.69, 9.17) is 9.88 Å². The van der Waals surface area contributed by atoms with Crippen LogP contribution in [0.2, 0.25) is 0 Å². The second-order valence-electron chi connectivity index (χ2n) is 7.24. The van der Waals surface area contributed by atoms with Crippen molar-refractivity contribution in [1.82, 2.24) is 0 Å². The van der Waals surface area contributed by atoms with Gasteiger partial charge in [0.15, 0.2) is 0 Å². The summed E-state index contributed by atoms with van der Waals surface area (Å²) in [6.07, 6.45) is 1.76. The number of amides is 1. The molecule has 7 nitrogen and oxygen atoms in total. The highest BCUT2D eigenvalue weighted by atomic mass is 32.2. The Balaban J connectivity index is 1.47. The van der Waals surface area contributed by atoms with Gasteiger partial charge < -0.3 is 4.74 Å². The number of carbonyl (C=O) groups is 1. The Hall–Kier alpha value is -3.75. The Morgan fingerprint density at radius 3 is 2.25 bits per heavy atom. The lowest BCUT2D eigenvalue weighted by Crippen LogP contribution is -2.21. The molecule has 0 aromatic heterocycles. The Morgan fingerprint density at radius 2 is 1.62 bits per heavy atom. The number of primary sulfonamides is 1. The molecule has 0 spiro atoms. The number of rotatable bonds is 6. The maximum absolute atomic E-state index is 12.9. The third kappa shape index (κ3) is 4.77. The zero-order valence-corrected chi connectivity index (χ0v) is 18.1. The van der Waals surface area contributed by atoms with E-state index in [0.29, 0.717) is 23.6 Å². The van der Waals surface area contributed by atoms with Gasteiger partial charge >= 0.3 is 0 Å². The molecule has 8 heteroatoms. The number of hydrogen-bond acceptors (Lipinski definition) is 5. The monoisotopic (exact) mass is 447 g/mol. The number of carbonyl (C=O) groups excluding carboxylic acids is 1. The highest BCUT2D eigenvalue weighted by Gasteiger charge is 2.28. The van der Waals surface area contributed by atoms with Crippen LogP contribution in [-0.2, 0) is 21.4 Å². The summed E-state index contributed by atoms with van der Waals surface area (Å²) in [5, 5.41) is 10.7. The van der Waals surface area contributed by atoms with Crippen molar-refractivity contribution in [2.45, 2.75) is 18.4 Å². The lowest BCUT2D eigenvalue weighted by atomic mass is 10.1. The van der Waals surface area contributed by atoms with Gasteiger partial charge in [0.1, 0.15) is 12.4 Å². The third-order valence-corrected chi connectivity index (χ3v) is 5.84. The van der Waals surface area contributed by atoms with E-state index in [1.54, 1.807) is 13.0 Å². The molecule has 0 aliphatic carbocycles. The van der Waals surface area contributed by atoms with Gasteiger partial charge in [-0.2, -0.15) is 10.1 Å². The van der Waals surface area contributed by atoms with Crippen LogP contribution in [0.15, 0.2) is 94.4 Å². The Bertz CT molecular complexity index is 1300. The molecule has 1 aliphatic heterocycles. The topological polar surface area (TPSA) is 102 Å². The van der Waals surface area contributed by atoms with Gasteiger partial charge in [-0.3, -0.25) is 4.79 Å². The molecule has 0 unspecified atom stereocenters. The number of hydrogen-bond donors (Lipinski definition) is 1. The van der Waals surface area contributed by atoms with Crippen molar-refractivity contribution in [2.75, 3.05) is 5.01 Å². The first-order valence-corrected chi connectivity index (χ1v) is 11.4. The van der Waals surface area contributed by atoms with Crippen LogP contribution < -0.4 is 14.9 Å². The molecular formula is C24H21N3O4S. The SMILES string of the molecule is CC1=NN(c2ccc(S(N)(=O)=O)cc2)C(=O)C1=Cc1ccc(OCc2ccccc2)cc1. The van der Waals surface area contributed by atoms with Gasteiger partial charge in [0.25, 0.3) is 5.91 Å². The van der Waals surface area contributed by atoms with E-state index in [1.807, 2.05) is 54.6 Å². The number of anilines is 1. The van der Waals surface area contributed by atoms with Crippen LogP contribution in [0.5, 0.6) is 5.75 Å². The minimum absolute atomic E-state index is 0.0288. The molecule has 1 amide bonds. The van der Waals surface area contributed by atoms with Crippen LogP contribution in [0.3, 0.4) is 0 Å². The summed E-state index contributed by atoms with van der Waals surface area (Å²) in [5.74, 6) is 0.436. The number of nitrogens with zero attached hydrogens (tertiary/aromatic N) is 2. The van der Waals surface area contributed by atoms with Gasteiger partial charge in [-0.1, -0.05) is 42.5 Å². The molecule has 3 aromatic rings. The average molecular weight is 448 g/mol. The van der Waals surface area contributed by atoms with Crippen LogP contribution >= 0.6 is 0 Å². The largest absolute Gasteiger partial charge is 0.489 e. The lowest BCUT2D eigenvalue weighted by Gasteiger charge is -2.12. The maximum Gasteiger partial charge on any atom is 0.280 e. The summed E-state index contributed by atoms with van der Waals surface area (Å²) in [5.41, 5.74) is 3.39. The minimum atomic E-state index is -3.80. The maximum atomic E-state index is 12.9. The first-order chi connectivity index (χ1) is 15.3. The van der Waals surface area contributed by atoms with E-state index >= 15 is 0 Å². The number of benzene rings is 3. The minimum Gasteiger partial charge on any atom is -0.489 e. The van der Waals surface area contributed by atoms with Gasteiger partial charge in [-0.15, -0.1) is 0 Å². The molecule has 2 N–H and O–H groups in total. The van der Waals surface area contributed by atoms with Crippen LogP contribution in [0.4, 0.5) is 5.69 Å². The molecule has 0 radical (unpaired) electrons. The van der Waals surface area contributed by atoms with Crippen molar-refractivity contribution in [2.24, 2.45) is 10.2 Å². The first-order valence-electron chi connectivity index (χ1n) is 9.83. The molecule has 162 valence electrons. The van der Waals surface area contributed by atoms with Crippen LogP contribution in [0, 0.1) is 0 Å². The van der Waals surface area contributed by atoms with Gasteiger partial charge in [0.05, 0.1) is 21.9 Å². The predicted octanol–water partition coefficient (Wildman–Crippen LogP) is 3.72. The molecule has 0 atom stereocenters. The molecule has 0 bridgehead atoms. The molecule has 0 fully saturated rings. The third-order valence-electron chi connectivity index (χ3n) is 4.91. The van der Waals surface area contributed by atoms with E-state index in [9.17, 15) is 13.2 Å². The summed E-state index contributed by atoms with van der Waals surface area (Å²) < 4.78 is 28.6. The van der Waals surface area contributed by atoms with E-state index in [0.717, 1.165) is 16.9 Å². The van der Waals surface area contributed by atoms with Crippen molar-refractivity contribution >= 4 is 33.4 Å². The first kappa shape index (κ1) is 21.5. The summed E-state index contributed by atoms with van der Waals surface area (Å²) in [6.45, 7) is 2.23. The fourth-order valence-electron chi connectivity index (χ4n) is 3.20. The highest BCUT2D eigenvalue weighted by Crippen LogP contribution is 2.26. The van der Waals surface area contributed by atoms with Gasteiger partial charge in [-0.05, 0) is 60.5 Å². The van der Waals surface area contributed by atoms with Gasteiger partial charge in [0.2, 0.25) is 10.0 Å². The van der Waals surface area contributed by atoms with Crippen molar-refractivity contribution in [3.8, 4) is 5.75 Å². The molecule has 3 aromatic carbocycles. The Morgan fingerprint density at radius 1 is 0.969 bits per heavy atom. The smallest absolute Gasteiger partial charge is 0.280 e. The zero-order valence-electron chi connectivity index (χ0n) is 17.3. The van der Waals surface area contributed by atoms with Crippen molar-refractivity contribution < 1.29 is 17.9 Å². The van der Waals surface area contributed by atoms with Gasteiger partial charge in [-0.25, -0.2) is 13.6 Å². The number of sulfonamides is 1. The number of nitrogens with two attached hydrogens (primary N) is 1. The Labute approximate surface area is 186 Å².